The molecular weight excluding hydrogens is 447 g/mol. The molecule has 0 spiro atoms. The van der Waals surface area contributed by atoms with Gasteiger partial charge in [-0.2, -0.15) is 0 Å². The summed E-state index contributed by atoms with van der Waals surface area (Å²) < 4.78 is 29.2. The molecule has 0 saturated carbocycles. The SMILES string of the molecule is O=S(O)OP(Cc1ccccc1)(Cc1ccccc1)(Cc1ccccc1)Cc1ccccc1. The number of rotatable bonds is 10. The molecule has 0 fully saturated rings. The Balaban J connectivity index is 1.95. The van der Waals surface area contributed by atoms with Crippen LogP contribution in [0.25, 0.3) is 0 Å². The molecule has 1 unspecified atom stereocenters. The van der Waals surface area contributed by atoms with Crippen molar-refractivity contribution in [2.45, 2.75) is 24.6 Å². The average Bonchev–Trinajstić information content (AvgIpc) is 2.81. The van der Waals surface area contributed by atoms with Gasteiger partial charge in [0.05, 0.1) is 0 Å². The van der Waals surface area contributed by atoms with Crippen LogP contribution in [-0.2, 0) is 40.0 Å². The molecule has 5 heteroatoms. The van der Waals surface area contributed by atoms with Crippen molar-refractivity contribution in [3.63, 3.8) is 0 Å². The van der Waals surface area contributed by atoms with Gasteiger partial charge < -0.3 is 0 Å². The molecular formula is C28H29O3PS. The van der Waals surface area contributed by atoms with Crippen molar-refractivity contribution in [2.24, 2.45) is 0 Å². The van der Waals surface area contributed by atoms with E-state index in [-0.39, 0.29) is 0 Å². The zero-order valence-corrected chi connectivity index (χ0v) is 20.2. The molecule has 0 amide bonds. The van der Waals surface area contributed by atoms with Crippen molar-refractivity contribution in [1.29, 1.82) is 0 Å². The van der Waals surface area contributed by atoms with E-state index < -0.39 is 18.2 Å². The third kappa shape index (κ3) is 6.25. The minimum absolute atomic E-state index is 0.609. The molecule has 170 valence electrons. The van der Waals surface area contributed by atoms with E-state index in [2.05, 4.69) is 48.5 Å². The van der Waals surface area contributed by atoms with Crippen LogP contribution >= 0.6 is 6.83 Å². The predicted octanol–water partition coefficient (Wildman–Crippen LogP) is 7.41. The Morgan fingerprint density at radius 2 is 0.758 bits per heavy atom. The Morgan fingerprint density at radius 1 is 0.515 bits per heavy atom. The maximum absolute atomic E-state index is 12.5. The van der Waals surface area contributed by atoms with Gasteiger partial charge in [0.2, 0.25) is 0 Å². The molecule has 0 saturated heterocycles. The van der Waals surface area contributed by atoms with Crippen LogP contribution in [-0.4, -0.2) is 8.76 Å². The van der Waals surface area contributed by atoms with Crippen LogP contribution < -0.4 is 0 Å². The molecule has 0 aliphatic carbocycles. The fourth-order valence-corrected chi connectivity index (χ4v) is 12.3. The van der Waals surface area contributed by atoms with Crippen molar-refractivity contribution < 1.29 is 12.7 Å². The van der Waals surface area contributed by atoms with E-state index in [9.17, 15) is 8.76 Å². The third-order valence-electron chi connectivity index (χ3n) is 5.98. The van der Waals surface area contributed by atoms with E-state index >= 15 is 0 Å². The number of hydrogen-bond donors (Lipinski definition) is 1. The van der Waals surface area contributed by atoms with Gasteiger partial charge in [-0.15, -0.1) is 0 Å². The topological polar surface area (TPSA) is 46.5 Å². The van der Waals surface area contributed by atoms with Gasteiger partial charge in [-0.3, -0.25) is 0 Å². The summed E-state index contributed by atoms with van der Waals surface area (Å²) in [5.74, 6) is 0. The van der Waals surface area contributed by atoms with Gasteiger partial charge in [0.15, 0.2) is 0 Å². The molecule has 0 radical (unpaired) electrons. The molecule has 0 bridgehead atoms. The van der Waals surface area contributed by atoms with Crippen LogP contribution in [0.4, 0.5) is 0 Å². The number of hydrogen-bond acceptors (Lipinski definition) is 2. The Labute approximate surface area is 199 Å². The first-order valence-corrected chi connectivity index (χ1v) is 14.9. The summed E-state index contributed by atoms with van der Waals surface area (Å²) in [6.45, 7) is -3.44. The van der Waals surface area contributed by atoms with E-state index in [0.29, 0.717) is 24.6 Å². The van der Waals surface area contributed by atoms with Crippen LogP contribution in [0.5, 0.6) is 0 Å². The first-order valence-electron chi connectivity index (χ1n) is 11.0. The molecule has 4 aromatic carbocycles. The fraction of sp³-hybridized carbons (Fsp3) is 0.143. The normalized spacial score (nSPS) is 13.7. The van der Waals surface area contributed by atoms with Gasteiger partial charge >= 0.3 is 199 Å². The monoisotopic (exact) mass is 476 g/mol. The standard InChI is InChI=1S/C28H29O3PS/c29-33(30)31-32(21-25-13-5-1-6-14-25,22-26-15-7-2-8-16-26,23-27-17-9-3-10-18-27)24-28-19-11-4-12-20-28/h1-20H,21-24H2,(H,29,30). The van der Waals surface area contributed by atoms with Gasteiger partial charge in [-0.05, 0) is 0 Å². The van der Waals surface area contributed by atoms with Gasteiger partial charge in [0.25, 0.3) is 0 Å². The molecule has 4 rings (SSSR count). The fourth-order valence-electron chi connectivity index (χ4n) is 4.80. The molecule has 0 aliphatic heterocycles. The van der Waals surface area contributed by atoms with Crippen molar-refractivity contribution in [1.82, 2.24) is 0 Å². The average molecular weight is 477 g/mol. The maximum atomic E-state index is 12.5. The van der Waals surface area contributed by atoms with E-state index in [0.717, 1.165) is 22.3 Å². The molecule has 0 aromatic heterocycles. The molecule has 4 aromatic rings. The predicted molar refractivity (Wildman–Crippen MR) is 139 cm³/mol. The summed E-state index contributed by atoms with van der Waals surface area (Å²) >= 11 is -2.41. The minimum atomic E-state index is -3.44. The summed E-state index contributed by atoms with van der Waals surface area (Å²) in [5, 5.41) is 0. The van der Waals surface area contributed by atoms with E-state index in [1.807, 2.05) is 72.8 Å². The van der Waals surface area contributed by atoms with Crippen LogP contribution in [0.1, 0.15) is 22.3 Å². The summed E-state index contributed by atoms with van der Waals surface area (Å²) in [6, 6.07) is 40.8. The van der Waals surface area contributed by atoms with Gasteiger partial charge in [-0.1, -0.05) is 0 Å². The van der Waals surface area contributed by atoms with Gasteiger partial charge in [0.1, 0.15) is 0 Å². The Morgan fingerprint density at radius 3 is 0.970 bits per heavy atom. The summed E-state index contributed by atoms with van der Waals surface area (Å²) in [5.41, 5.74) is 4.46. The molecule has 0 heterocycles. The first-order chi connectivity index (χ1) is 16.0. The summed E-state index contributed by atoms with van der Waals surface area (Å²) in [7, 11) is 0. The van der Waals surface area contributed by atoms with Crippen LogP contribution in [0.15, 0.2) is 121 Å². The van der Waals surface area contributed by atoms with Crippen molar-refractivity contribution in [2.75, 3.05) is 0 Å². The van der Waals surface area contributed by atoms with Crippen LogP contribution in [0.2, 0.25) is 0 Å². The summed E-state index contributed by atoms with van der Waals surface area (Å²) in [6.07, 6.45) is 2.43. The second-order valence-electron chi connectivity index (χ2n) is 8.72. The molecule has 3 nitrogen and oxygen atoms in total. The second kappa shape index (κ2) is 10.5. The van der Waals surface area contributed by atoms with Gasteiger partial charge in [0, 0.05) is 0 Å². The van der Waals surface area contributed by atoms with Crippen LogP contribution in [0.3, 0.4) is 0 Å². The zero-order chi connectivity index (χ0) is 23.0. The Hall–Kier alpha value is -2.62. The molecule has 1 N–H and O–H groups in total. The van der Waals surface area contributed by atoms with Crippen molar-refractivity contribution in [3.05, 3.63) is 144 Å². The molecule has 0 aliphatic rings. The van der Waals surface area contributed by atoms with E-state index in [1.165, 1.54) is 0 Å². The summed E-state index contributed by atoms with van der Waals surface area (Å²) in [4.78, 5) is 0. The number of benzene rings is 4. The first kappa shape index (κ1) is 23.5. The van der Waals surface area contributed by atoms with E-state index in [1.54, 1.807) is 0 Å². The van der Waals surface area contributed by atoms with Crippen molar-refractivity contribution in [3.8, 4) is 0 Å². The Bertz CT molecular complexity index is 991. The van der Waals surface area contributed by atoms with Crippen molar-refractivity contribution >= 4 is 18.2 Å². The Kier molecular flexibility index (Phi) is 7.52. The van der Waals surface area contributed by atoms with Crippen LogP contribution in [0, 0.1) is 0 Å². The second-order valence-corrected chi connectivity index (χ2v) is 14.7. The third-order valence-corrected chi connectivity index (χ3v) is 12.8. The zero-order valence-electron chi connectivity index (χ0n) is 18.5. The molecule has 33 heavy (non-hydrogen) atoms. The molecule has 1 atom stereocenters. The quantitative estimate of drug-likeness (QED) is 0.191. The van der Waals surface area contributed by atoms with Gasteiger partial charge in [-0.25, -0.2) is 0 Å². The van der Waals surface area contributed by atoms with E-state index in [4.69, 9.17) is 3.97 Å².